The van der Waals surface area contributed by atoms with Gasteiger partial charge in [0.25, 0.3) is 0 Å². The van der Waals surface area contributed by atoms with Gasteiger partial charge in [-0.05, 0) is 13.8 Å². The molecule has 0 aliphatic heterocycles. The van der Waals surface area contributed by atoms with Crippen LogP contribution < -0.4 is 0 Å². The summed E-state index contributed by atoms with van der Waals surface area (Å²) in [4.78, 5) is 10.2. The van der Waals surface area contributed by atoms with Gasteiger partial charge >= 0.3 is 5.97 Å². The van der Waals surface area contributed by atoms with Gasteiger partial charge in [0.2, 0.25) is 0 Å². The maximum atomic E-state index is 10.2. The summed E-state index contributed by atoms with van der Waals surface area (Å²) in [5.41, 5.74) is -1.45. The minimum Gasteiger partial charge on any atom is -0.478 e. The van der Waals surface area contributed by atoms with E-state index in [0.29, 0.717) is 0 Å². The molecule has 0 aliphatic carbocycles. The zero-order chi connectivity index (χ0) is 9.99. The molecule has 0 amide bonds. The summed E-state index contributed by atoms with van der Waals surface area (Å²) in [5.74, 6) is -0.993. The normalized spacial score (nSPS) is 13.8. The van der Waals surface area contributed by atoms with Crippen LogP contribution in [-0.4, -0.2) is 21.8 Å². The predicted molar refractivity (Wildman–Crippen MR) is 46.9 cm³/mol. The highest BCUT2D eigenvalue weighted by Gasteiger charge is 2.32. The van der Waals surface area contributed by atoms with Crippen molar-refractivity contribution in [3.05, 3.63) is 12.2 Å². The molecule has 0 aliphatic rings. The van der Waals surface area contributed by atoms with Gasteiger partial charge in [-0.3, -0.25) is 0 Å². The lowest BCUT2D eigenvalue weighted by Crippen LogP contribution is -2.37. The summed E-state index contributed by atoms with van der Waals surface area (Å²) < 4.78 is 0. The van der Waals surface area contributed by atoms with Crippen LogP contribution in [0.3, 0.4) is 0 Å². The third kappa shape index (κ3) is 3.05. The van der Waals surface area contributed by atoms with E-state index in [1.165, 1.54) is 6.08 Å². The molecule has 0 spiro atoms. The average molecular weight is 172 g/mol. The van der Waals surface area contributed by atoms with Gasteiger partial charge in [-0.2, -0.15) is 0 Å². The van der Waals surface area contributed by atoms with E-state index in [4.69, 9.17) is 5.11 Å². The lowest BCUT2D eigenvalue weighted by molar-refractivity contribution is -0.131. The first-order chi connectivity index (χ1) is 5.17. The second-order valence-electron chi connectivity index (χ2n) is 3.95. The molecule has 70 valence electrons. The van der Waals surface area contributed by atoms with Crippen molar-refractivity contribution in [2.45, 2.75) is 33.3 Å². The summed E-state index contributed by atoms with van der Waals surface area (Å²) >= 11 is 0. The molecular weight excluding hydrogens is 156 g/mol. The Hall–Kier alpha value is -0.830. The summed E-state index contributed by atoms with van der Waals surface area (Å²) in [7, 11) is 0. The van der Waals surface area contributed by atoms with E-state index < -0.39 is 17.0 Å². The van der Waals surface area contributed by atoms with Gasteiger partial charge in [0.15, 0.2) is 0 Å². The van der Waals surface area contributed by atoms with E-state index in [1.54, 1.807) is 27.7 Å². The van der Waals surface area contributed by atoms with Crippen LogP contribution in [0.15, 0.2) is 12.2 Å². The van der Waals surface area contributed by atoms with Gasteiger partial charge in [0, 0.05) is 11.5 Å². The van der Waals surface area contributed by atoms with Crippen LogP contribution in [-0.2, 0) is 4.79 Å². The van der Waals surface area contributed by atoms with Crippen molar-refractivity contribution >= 4 is 5.97 Å². The quantitative estimate of drug-likeness (QED) is 0.633. The van der Waals surface area contributed by atoms with Gasteiger partial charge in [-0.15, -0.1) is 0 Å². The fourth-order valence-corrected chi connectivity index (χ4v) is 0.484. The number of carboxylic acid groups (broad SMARTS) is 1. The van der Waals surface area contributed by atoms with Crippen molar-refractivity contribution in [3.63, 3.8) is 0 Å². The van der Waals surface area contributed by atoms with Crippen molar-refractivity contribution in [1.29, 1.82) is 0 Å². The number of rotatable bonds is 3. The van der Waals surface area contributed by atoms with E-state index in [-0.39, 0.29) is 0 Å². The highest BCUT2D eigenvalue weighted by Crippen LogP contribution is 2.31. The average Bonchev–Trinajstić information content (AvgIpc) is 1.81. The van der Waals surface area contributed by atoms with Crippen LogP contribution in [0.4, 0.5) is 0 Å². The molecule has 0 aromatic heterocycles. The molecule has 3 nitrogen and oxygen atoms in total. The molecule has 0 aromatic rings. The largest absolute Gasteiger partial charge is 0.478 e. The topological polar surface area (TPSA) is 57.5 Å². The Balaban J connectivity index is 4.54. The Kier molecular flexibility index (Phi) is 3.04. The number of aliphatic carboxylic acids is 1. The lowest BCUT2D eigenvalue weighted by Gasteiger charge is -2.34. The van der Waals surface area contributed by atoms with Crippen LogP contribution in [0.1, 0.15) is 27.7 Å². The van der Waals surface area contributed by atoms with E-state index in [9.17, 15) is 9.90 Å². The minimum atomic E-state index is -0.993. The van der Waals surface area contributed by atoms with Crippen LogP contribution in [0.2, 0.25) is 0 Å². The molecule has 0 rings (SSSR count). The van der Waals surface area contributed by atoms with Gasteiger partial charge in [0.1, 0.15) is 0 Å². The van der Waals surface area contributed by atoms with Gasteiger partial charge in [-0.1, -0.05) is 19.9 Å². The fraction of sp³-hybridized carbons (Fsp3) is 0.667. The highest BCUT2D eigenvalue weighted by atomic mass is 16.4. The van der Waals surface area contributed by atoms with E-state index in [2.05, 4.69) is 0 Å². The van der Waals surface area contributed by atoms with Crippen molar-refractivity contribution < 1.29 is 15.0 Å². The molecule has 2 N–H and O–H groups in total. The SMILES string of the molecule is CC(C)(O)C(C)(C)C=CC(=O)O. The molecule has 0 unspecified atom stereocenters. The zero-order valence-corrected chi connectivity index (χ0v) is 7.96. The molecular formula is C9H16O3. The van der Waals surface area contributed by atoms with Crippen LogP contribution in [0.5, 0.6) is 0 Å². The summed E-state index contributed by atoms with van der Waals surface area (Å²) in [6.45, 7) is 6.87. The van der Waals surface area contributed by atoms with Gasteiger partial charge < -0.3 is 10.2 Å². The molecule has 0 saturated carbocycles. The smallest absolute Gasteiger partial charge is 0.327 e. The molecule has 3 heteroatoms. The van der Waals surface area contributed by atoms with Crippen LogP contribution >= 0.6 is 0 Å². The van der Waals surface area contributed by atoms with Gasteiger partial charge in [-0.25, -0.2) is 4.79 Å². The molecule has 12 heavy (non-hydrogen) atoms. The number of carbonyl (C=O) groups is 1. The molecule has 0 atom stereocenters. The molecule has 0 bridgehead atoms. The van der Waals surface area contributed by atoms with Gasteiger partial charge in [0.05, 0.1) is 5.60 Å². The van der Waals surface area contributed by atoms with E-state index >= 15 is 0 Å². The Bertz CT molecular complexity index is 196. The molecule has 0 fully saturated rings. The molecule has 0 saturated heterocycles. The van der Waals surface area contributed by atoms with E-state index in [1.807, 2.05) is 0 Å². The molecule has 0 radical (unpaired) electrons. The van der Waals surface area contributed by atoms with Crippen molar-refractivity contribution in [1.82, 2.24) is 0 Å². The van der Waals surface area contributed by atoms with Crippen LogP contribution in [0, 0.1) is 5.41 Å². The van der Waals surface area contributed by atoms with Crippen molar-refractivity contribution in [2.75, 3.05) is 0 Å². The fourth-order valence-electron chi connectivity index (χ4n) is 0.484. The first-order valence-electron chi connectivity index (χ1n) is 3.81. The number of carboxylic acids is 1. The Morgan fingerprint density at radius 1 is 1.25 bits per heavy atom. The Morgan fingerprint density at radius 3 is 1.92 bits per heavy atom. The minimum absolute atomic E-state index is 0.536. The molecule has 0 aromatic carbocycles. The summed E-state index contributed by atoms with van der Waals surface area (Å²) in [6, 6.07) is 0. The van der Waals surface area contributed by atoms with E-state index in [0.717, 1.165) is 6.08 Å². The second kappa shape index (κ2) is 3.27. The third-order valence-electron chi connectivity index (χ3n) is 2.22. The first-order valence-corrected chi connectivity index (χ1v) is 3.81. The lowest BCUT2D eigenvalue weighted by atomic mass is 9.77. The molecule has 0 heterocycles. The van der Waals surface area contributed by atoms with Crippen molar-refractivity contribution in [2.24, 2.45) is 5.41 Å². The highest BCUT2D eigenvalue weighted by molar-refractivity contribution is 5.79. The Labute approximate surface area is 72.7 Å². The zero-order valence-electron chi connectivity index (χ0n) is 7.96. The Morgan fingerprint density at radius 2 is 1.67 bits per heavy atom. The number of hydrogen-bond donors (Lipinski definition) is 2. The number of hydrogen-bond acceptors (Lipinski definition) is 2. The monoisotopic (exact) mass is 172 g/mol. The maximum absolute atomic E-state index is 10.2. The predicted octanol–water partition coefficient (Wildman–Crippen LogP) is 1.42. The maximum Gasteiger partial charge on any atom is 0.327 e. The standard InChI is InChI=1S/C9H16O3/c1-8(2,9(3,4)12)6-5-7(10)11/h5-6,12H,1-4H3,(H,10,11). The van der Waals surface area contributed by atoms with Crippen molar-refractivity contribution in [3.8, 4) is 0 Å². The summed E-state index contributed by atoms with van der Waals surface area (Å²) in [5, 5.41) is 18.0. The van der Waals surface area contributed by atoms with Crippen LogP contribution in [0.25, 0.3) is 0 Å². The first kappa shape index (κ1) is 11.2. The summed E-state index contributed by atoms with van der Waals surface area (Å²) in [6.07, 6.45) is 2.55. The third-order valence-corrected chi connectivity index (χ3v) is 2.22. The number of aliphatic hydroxyl groups is 1. The second-order valence-corrected chi connectivity index (χ2v) is 3.95.